The Hall–Kier alpha value is -7.20. The van der Waals surface area contributed by atoms with Crippen LogP contribution in [0.4, 0.5) is 0 Å². The van der Waals surface area contributed by atoms with Crippen molar-refractivity contribution in [1.82, 2.24) is 0 Å². The van der Waals surface area contributed by atoms with Crippen molar-refractivity contribution in [2.45, 2.75) is 47.5 Å². The average Bonchev–Trinajstić information content (AvgIpc) is 3.22. The van der Waals surface area contributed by atoms with Crippen LogP contribution in [0.3, 0.4) is 0 Å². The SMILES string of the molecule is CCC(COCC(COC(=O)c1cccc(OC(C)=O)c1)CC(=O)c1cccc(OC(C)=O)c1)(COC(=O)c1cccc(OC(C)=O)c1)COC(=O)c1cccc(OC(C)=O)c1. The summed E-state index contributed by atoms with van der Waals surface area (Å²) in [5, 5.41) is 0. The molecule has 0 spiro atoms. The van der Waals surface area contributed by atoms with Crippen LogP contribution < -0.4 is 18.9 Å². The van der Waals surface area contributed by atoms with Gasteiger partial charge in [-0.2, -0.15) is 0 Å². The van der Waals surface area contributed by atoms with Crippen molar-refractivity contribution in [3.63, 3.8) is 0 Å². The minimum atomic E-state index is -1.19. The molecule has 16 nitrogen and oxygen atoms in total. The Morgan fingerprint density at radius 1 is 0.468 bits per heavy atom. The fourth-order valence-corrected chi connectivity index (χ4v) is 5.76. The van der Waals surface area contributed by atoms with Crippen LogP contribution in [0, 0.1) is 11.3 Å². The number of carbonyl (C=O) groups excluding carboxylic acids is 8. The number of carbonyl (C=O) groups is 8. The smallest absolute Gasteiger partial charge is 0.338 e. The van der Waals surface area contributed by atoms with E-state index in [1.54, 1.807) is 13.0 Å². The van der Waals surface area contributed by atoms with Crippen molar-refractivity contribution in [3.05, 3.63) is 119 Å². The van der Waals surface area contributed by atoms with Gasteiger partial charge in [-0.05, 0) is 73.2 Å². The second-order valence-corrected chi connectivity index (χ2v) is 14.1. The maximum atomic E-state index is 13.6. The first kappa shape index (κ1) is 47.5. The van der Waals surface area contributed by atoms with Crippen molar-refractivity contribution in [2.24, 2.45) is 11.3 Å². The molecule has 0 N–H and O–H groups in total. The monoisotopic (exact) mass is 854 g/mol. The molecule has 4 aromatic rings. The molecule has 4 rings (SSSR count). The highest BCUT2D eigenvalue weighted by molar-refractivity contribution is 5.97. The minimum Gasteiger partial charge on any atom is -0.462 e. The van der Waals surface area contributed by atoms with Crippen molar-refractivity contribution < 1.29 is 76.3 Å². The maximum Gasteiger partial charge on any atom is 0.338 e. The van der Waals surface area contributed by atoms with Gasteiger partial charge in [0.1, 0.15) is 36.2 Å². The molecule has 1 unspecified atom stereocenters. The number of ether oxygens (including phenoxy) is 8. The van der Waals surface area contributed by atoms with Crippen molar-refractivity contribution in [1.29, 1.82) is 0 Å². The number of hydrogen-bond acceptors (Lipinski definition) is 16. The zero-order valence-corrected chi connectivity index (χ0v) is 34.8. The summed E-state index contributed by atoms with van der Waals surface area (Å²) in [5.41, 5.74) is -0.746. The third-order valence-corrected chi connectivity index (χ3v) is 8.87. The van der Waals surface area contributed by atoms with Gasteiger partial charge in [-0.25, -0.2) is 14.4 Å². The Morgan fingerprint density at radius 2 is 0.823 bits per heavy atom. The fraction of sp³-hybridized carbons (Fsp3) is 0.304. The molecule has 0 amide bonds. The molecule has 62 heavy (non-hydrogen) atoms. The summed E-state index contributed by atoms with van der Waals surface area (Å²) in [5.74, 6) is -5.29. The molecule has 0 aromatic heterocycles. The predicted molar refractivity (Wildman–Crippen MR) is 218 cm³/mol. The lowest BCUT2D eigenvalue weighted by Gasteiger charge is -2.32. The second kappa shape index (κ2) is 23.0. The molecule has 0 aliphatic heterocycles. The molecule has 326 valence electrons. The lowest BCUT2D eigenvalue weighted by atomic mass is 9.87. The third-order valence-electron chi connectivity index (χ3n) is 8.87. The van der Waals surface area contributed by atoms with Gasteiger partial charge in [-0.15, -0.1) is 0 Å². The van der Waals surface area contributed by atoms with Gasteiger partial charge in [0.25, 0.3) is 0 Å². The van der Waals surface area contributed by atoms with E-state index in [1.807, 2.05) is 0 Å². The standard InChI is InChI=1S/C46H46O16/c1-6-46(27-57-44(53)36-13-9-17-40(22-36)61-31(4)49,28-58-45(54)37-14-10-18-41(23-37)62-32(5)50)26-55-24-33(19-42(51)34-11-7-15-38(20-34)59-29(2)47)25-56-43(52)35-12-8-16-39(21-35)60-30(3)48/h7-18,20-23,33H,6,19,24-28H2,1-5H3. The molecule has 0 aliphatic carbocycles. The van der Waals surface area contributed by atoms with E-state index < -0.39 is 58.9 Å². The third kappa shape index (κ3) is 15.4. The quantitative estimate of drug-likeness (QED) is 0.0376. The largest absolute Gasteiger partial charge is 0.462 e. The van der Waals surface area contributed by atoms with Crippen molar-refractivity contribution >= 4 is 47.6 Å². The highest BCUT2D eigenvalue weighted by atomic mass is 16.6. The van der Waals surface area contributed by atoms with E-state index >= 15 is 0 Å². The maximum absolute atomic E-state index is 13.6. The number of ketones is 1. The number of esters is 7. The molecular formula is C46H46O16. The van der Waals surface area contributed by atoms with E-state index in [0.717, 1.165) is 0 Å². The van der Waals surface area contributed by atoms with Gasteiger partial charge in [0, 0.05) is 45.6 Å². The molecule has 0 bridgehead atoms. The predicted octanol–water partition coefficient (Wildman–Crippen LogP) is 6.56. The summed E-state index contributed by atoms with van der Waals surface area (Å²) in [6.45, 7) is 5.27. The molecule has 0 fully saturated rings. The Kier molecular flexibility index (Phi) is 17.6. The molecule has 16 heteroatoms. The number of rotatable bonds is 21. The molecule has 4 aromatic carbocycles. The minimum absolute atomic E-state index is 0.0745. The van der Waals surface area contributed by atoms with Gasteiger partial charge in [0.2, 0.25) is 0 Å². The van der Waals surface area contributed by atoms with Crippen molar-refractivity contribution in [2.75, 3.05) is 33.0 Å². The second-order valence-electron chi connectivity index (χ2n) is 14.1. The summed E-state index contributed by atoms with van der Waals surface area (Å²) in [7, 11) is 0. The van der Waals surface area contributed by atoms with Crippen LogP contribution in [-0.4, -0.2) is 80.6 Å². The average molecular weight is 855 g/mol. The molecule has 0 saturated carbocycles. The molecule has 0 radical (unpaired) electrons. The van der Waals surface area contributed by atoms with Crippen LogP contribution in [-0.2, 0) is 38.1 Å². The Morgan fingerprint density at radius 3 is 1.19 bits per heavy atom. The van der Waals surface area contributed by atoms with E-state index in [2.05, 4.69) is 0 Å². The molecule has 0 saturated heterocycles. The van der Waals surface area contributed by atoms with E-state index in [9.17, 15) is 38.4 Å². The number of Topliss-reactive ketones (excluding diaryl/α,β-unsaturated/α-hetero) is 1. The fourth-order valence-electron chi connectivity index (χ4n) is 5.76. The van der Waals surface area contributed by atoms with Crippen LogP contribution in [0.15, 0.2) is 97.1 Å². The van der Waals surface area contributed by atoms with Crippen LogP contribution in [0.5, 0.6) is 23.0 Å². The summed E-state index contributed by atoms with van der Waals surface area (Å²) in [6.07, 6.45) is 0.0273. The van der Waals surface area contributed by atoms with E-state index in [0.29, 0.717) is 0 Å². The van der Waals surface area contributed by atoms with Gasteiger partial charge >= 0.3 is 41.8 Å². The highest BCUT2D eigenvalue weighted by Crippen LogP contribution is 2.28. The first-order valence-corrected chi connectivity index (χ1v) is 19.3. The van der Waals surface area contributed by atoms with E-state index in [4.69, 9.17) is 37.9 Å². The lowest BCUT2D eigenvalue weighted by molar-refractivity contribution is -0.132. The number of hydrogen-bond donors (Lipinski definition) is 0. The summed E-state index contributed by atoms with van der Waals surface area (Å²) in [6, 6.07) is 23.4. The molecule has 1 atom stereocenters. The van der Waals surface area contributed by atoms with Crippen LogP contribution >= 0.6 is 0 Å². The first-order chi connectivity index (χ1) is 29.5. The van der Waals surface area contributed by atoms with Crippen LogP contribution in [0.25, 0.3) is 0 Å². The Labute approximate surface area is 357 Å². The number of benzene rings is 4. The topological polar surface area (TPSA) is 210 Å². The van der Waals surface area contributed by atoms with Gasteiger partial charge < -0.3 is 37.9 Å². The molecule has 0 heterocycles. The molecule has 0 aliphatic rings. The Bertz CT molecular complexity index is 2200. The zero-order valence-electron chi connectivity index (χ0n) is 34.8. The van der Waals surface area contributed by atoms with Gasteiger partial charge in [-0.3, -0.25) is 24.0 Å². The molecular weight excluding hydrogens is 808 g/mol. The van der Waals surface area contributed by atoms with Crippen LogP contribution in [0.1, 0.15) is 88.9 Å². The summed E-state index contributed by atoms with van der Waals surface area (Å²) >= 11 is 0. The lowest BCUT2D eigenvalue weighted by Crippen LogP contribution is -2.39. The summed E-state index contributed by atoms with van der Waals surface area (Å²) < 4.78 is 43.7. The van der Waals surface area contributed by atoms with Gasteiger partial charge in [0.15, 0.2) is 5.78 Å². The van der Waals surface area contributed by atoms with E-state index in [-0.39, 0.29) is 91.1 Å². The zero-order chi connectivity index (χ0) is 45.2. The summed E-state index contributed by atoms with van der Waals surface area (Å²) in [4.78, 5) is 99.4. The van der Waals surface area contributed by atoms with Gasteiger partial charge in [0.05, 0.1) is 41.9 Å². The highest BCUT2D eigenvalue weighted by Gasteiger charge is 2.34. The van der Waals surface area contributed by atoms with Crippen LogP contribution in [0.2, 0.25) is 0 Å². The normalized spacial score (nSPS) is 11.3. The first-order valence-electron chi connectivity index (χ1n) is 19.3. The Balaban J connectivity index is 1.57. The van der Waals surface area contributed by atoms with Crippen molar-refractivity contribution in [3.8, 4) is 23.0 Å². The van der Waals surface area contributed by atoms with Gasteiger partial charge in [-0.1, -0.05) is 37.3 Å². The van der Waals surface area contributed by atoms with E-state index in [1.165, 1.54) is 119 Å².